The molecule has 0 saturated carbocycles. The third-order valence-electron chi connectivity index (χ3n) is 4.70. The van der Waals surface area contributed by atoms with Gasteiger partial charge in [0.15, 0.2) is 6.61 Å². The lowest BCUT2D eigenvalue weighted by atomic mass is 9.89. The van der Waals surface area contributed by atoms with Crippen molar-refractivity contribution in [3.05, 3.63) is 62.7 Å². The molecule has 2 aromatic carbocycles. The van der Waals surface area contributed by atoms with Crippen LogP contribution in [0.15, 0.2) is 42.5 Å². The van der Waals surface area contributed by atoms with Crippen molar-refractivity contribution in [3.8, 4) is 5.75 Å². The molecule has 1 atom stereocenters. The zero-order valence-corrected chi connectivity index (χ0v) is 16.7. The van der Waals surface area contributed by atoms with E-state index in [0.29, 0.717) is 0 Å². The first-order chi connectivity index (χ1) is 12.2. The van der Waals surface area contributed by atoms with Crippen LogP contribution < -0.4 is 10.1 Å². The molecule has 2 aromatic rings. The van der Waals surface area contributed by atoms with Crippen LogP contribution in [-0.4, -0.2) is 12.5 Å². The SMILES string of the molecule is CCC(NC(=O)COc1ccc(I)cc1)c1ccc2c(c1)CCCC2. The molecule has 0 heterocycles. The van der Waals surface area contributed by atoms with Crippen LogP contribution in [-0.2, 0) is 17.6 Å². The number of halogens is 1. The molecule has 4 heteroatoms. The van der Waals surface area contributed by atoms with Crippen LogP contribution in [0.25, 0.3) is 0 Å². The summed E-state index contributed by atoms with van der Waals surface area (Å²) in [5.41, 5.74) is 4.12. The monoisotopic (exact) mass is 449 g/mol. The van der Waals surface area contributed by atoms with Crippen molar-refractivity contribution in [2.24, 2.45) is 0 Å². The Bertz CT molecular complexity index is 727. The van der Waals surface area contributed by atoms with E-state index in [-0.39, 0.29) is 18.6 Å². The van der Waals surface area contributed by atoms with E-state index in [1.807, 2.05) is 24.3 Å². The van der Waals surface area contributed by atoms with Gasteiger partial charge in [-0.15, -0.1) is 0 Å². The summed E-state index contributed by atoms with van der Waals surface area (Å²) in [6, 6.07) is 14.4. The van der Waals surface area contributed by atoms with Crippen LogP contribution >= 0.6 is 22.6 Å². The number of ether oxygens (including phenoxy) is 1. The molecule has 132 valence electrons. The number of hydrogen-bond donors (Lipinski definition) is 1. The molecule has 0 radical (unpaired) electrons. The van der Waals surface area contributed by atoms with Crippen molar-refractivity contribution in [2.75, 3.05) is 6.61 Å². The minimum atomic E-state index is -0.0804. The first-order valence-electron chi connectivity index (χ1n) is 8.95. The summed E-state index contributed by atoms with van der Waals surface area (Å²) in [6.07, 6.45) is 5.76. The van der Waals surface area contributed by atoms with E-state index in [9.17, 15) is 4.79 Å². The van der Waals surface area contributed by atoms with Crippen molar-refractivity contribution in [1.29, 1.82) is 0 Å². The van der Waals surface area contributed by atoms with E-state index in [4.69, 9.17) is 4.74 Å². The minimum Gasteiger partial charge on any atom is -0.484 e. The predicted molar refractivity (Wildman–Crippen MR) is 109 cm³/mol. The lowest BCUT2D eigenvalue weighted by molar-refractivity contribution is -0.123. The van der Waals surface area contributed by atoms with E-state index >= 15 is 0 Å². The van der Waals surface area contributed by atoms with Gasteiger partial charge in [-0.3, -0.25) is 4.79 Å². The molecule has 1 unspecified atom stereocenters. The average Bonchev–Trinajstić information content (AvgIpc) is 2.65. The number of benzene rings is 2. The summed E-state index contributed by atoms with van der Waals surface area (Å²) in [5.74, 6) is 0.639. The molecule has 0 spiro atoms. The third kappa shape index (κ3) is 4.97. The summed E-state index contributed by atoms with van der Waals surface area (Å²) in [6.45, 7) is 2.15. The first-order valence-corrected chi connectivity index (χ1v) is 10.0. The Hall–Kier alpha value is -1.56. The molecule has 0 aromatic heterocycles. The molecule has 0 saturated heterocycles. The molecular weight excluding hydrogens is 425 g/mol. The normalized spacial score (nSPS) is 14.5. The topological polar surface area (TPSA) is 38.3 Å². The molecule has 0 aliphatic heterocycles. The van der Waals surface area contributed by atoms with E-state index in [1.165, 1.54) is 36.0 Å². The second kappa shape index (κ2) is 8.70. The Morgan fingerprint density at radius 2 is 1.84 bits per heavy atom. The van der Waals surface area contributed by atoms with Crippen LogP contribution in [0.3, 0.4) is 0 Å². The van der Waals surface area contributed by atoms with Crippen molar-refractivity contribution in [3.63, 3.8) is 0 Å². The number of carbonyl (C=O) groups excluding carboxylic acids is 1. The summed E-state index contributed by atoms with van der Waals surface area (Å²) in [7, 11) is 0. The van der Waals surface area contributed by atoms with Gasteiger partial charge in [0.2, 0.25) is 0 Å². The highest BCUT2D eigenvalue weighted by Gasteiger charge is 2.16. The fraction of sp³-hybridized carbons (Fsp3) is 0.381. The van der Waals surface area contributed by atoms with E-state index in [1.54, 1.807) is 0 Å². The number of carbonyl (C=O) groups is 1. The zero-order valence-electron chi connectivity index (χ0n) is 14.6. The van der Waals surface area contributed by atoms with Crippen LogP contribution in [0.5, 0.6) is 5.75 Å². The zero-order chi connectivity index (χ0) is 17.6. The van der Waals surface area contributed by atoms with Gasteiger partial charge in [0.1, 0.15) is 5.75 Å². The highest BCUT2D eigenvalue weighted by Crippen LogP contribution is 2.26. The highest BCUT2D eigenvalue weighted by atomic mass is 127. The van der Waals surface area contributed by atoms with Gasteiger partial charge >= 0.3 is 0 Å². The quantitative estimate of drug-likeness (QED) is 0.643. The molecular formula is C21H24INO2. The lowest BCUT2D eigenvalue weighted by Gasteiger charge is -2.21. The Morgan fingerprint density at radius 3 is 2.56 bits per heavy atom. The standard InChI is InChI=1S/C21H24INO2/c1-2-20(17-8-7-15-5-3-4-6-16(15)13-17)23-21(24)14-25-19-11-9-18(22)10-12-19/h7-13,20H,2-6,14H2,1H3,(H,23,24). The highest BCUT2D eigenvalue weighted by molar-refractivity contribution is 14.1. The fourth-order valence-corrected chi connectivity index (χ4v) is 3.67. The summed E-state index contributed by atoms with van der Waals surface area (Å²) in [4.78, 5) is 12.3. The molecule has 1 aliphatic carbocycles. The Labute approximate surface area is 163 Å². The Kier molecular flexibility index (Phi) is 6.34. The maximum Gasteiger partial charge on any atom is 0.258 e. The molecule has 3 rings (SSSR count). The molecule has 1 aliphatic rings. The summed E-state index contributed by atoms with van der Waals surface area (Å²) < 4.78 is 6.73. The lowest BCUT2D eigenvalue weighted by Crippen LogP contribution is -2.32. The van der Waals surface area contributed by atoms with Gasteiger partial charge < -0.3 is 10.1 Å². The molecule has 0 fully saturated rings. The fourth-order valence-electron chi connectivity index (χ4n) is 3.31. The van der Waals surface area contributed by atoms with Gasteiger partial charge in [-0.05, 0) is 95.7 Å². The van der Waals surface area contributed by atoms with Gasteiger partial charge in [-0.1, -0.05) is 25.1 Å². The van der Waals surface area contributed by atoms with Crippen LogP contribution in [0.2, 0.25) is 0 Å². The number of amides is 1. The molecule has 1 N–H and O–H groups in total. The minimum absolute atomic E-state index is 0.0417. The van der Waals surface area contributed by atoms with E-state index in [2.05, 4.69) is 53.0 Å². The number of aryl methyl sites for hydroxylation is 2. The molecule has 3 nitrogen and oxygen atoms in total. The summed E-state index contributed by atoms with van der Waals surface area (Å²) >= 11 is 2.25. The van der Waals surface area contributed by atoms with Crippen molar-refractivity contribution in [1.82, 2.24) is 5.32 Å². The number of hydrogen-bond acceptors (Lipinski definition) is 2. The second-order valence-electron chi connectivity index (χ2n) is 6.51. The number of rotatable bonds is 6. The van der Waals surface area contributed by atoms with E-state index < -0.39 is 0 Å². The molecule has 25 heavy (non-hydrogen) atoms. The van der Waals surface area contributed by atoms with Gasteiger partial charge in [0.05, 0.1) is 6.04 Å². The predicted octanol–water partition coefficient (Wildman–Crippen LogP) is 4.82. The van der Waals surface area contributed by atoms with E-state index in [0.717, 1.165) is 22.2 Å². The van der Waals surface area contributed by atoms with Gasteiger partial charge in [0.25, 0.3) is 5.91 Å². The third-order valence-corrected chi connectivity index (χ3v) is 5.42. The van der Waals surface area contributed by atoms with Crippen molar-refractivity contribution >= 4 is 28.5 Å². The largest absolute Gasteiger partial charge is 0.484 e. The smallest absolute Gasteiger partial charge is 0.258 e. The average molecular weight is 449 g/mol. The maximum absolute atomic E-state index is 12.3. The first kappa shape index (κ1) is 18.2. The van der Waals surface area contributed by atoms with Crippen LogP contribution in [0.1, 0.15) is 48.9 Å². The number of nitrogens with one attached hydrogen (secondary N) is 1. The van der Waals surface area contributed by atoms with Crippen molar-refractivity contribution in [2.45, 2.75) is 45.1 Å². The van der Waals surface area contributed by atoms with Crippen LogP contribution in [0, 0.1) is 3.57 Å². The summed E-state index contributed by atoms with van der Waals surface area (Å²) in [5, 5.41) is 3.11. The Morgan fingerprint density at radius 1 is 1.12 bits per heavy atom. The number of fused-ring (bicyclic) bond motifs is 1. The maximum atomic E-state index is 12.3. The molecule has 1 amide bonds. The molecule has 0 bridgehead atoms. The van der Waals surface area contributed by atoms with Gasteiger partial charge in [-0.2, -0.15) is 0 Å². The van der Waals surface area contributed by atoms with Gasteiger partial charge in [-0.25, -0.2) is 0 Å². The second-order valence-corrected chi connectivity index (χ2v) is 7.75. The van der Waals surface area contributed by atoms with Gasteiger partial charge in [0, 0.05) is 3.57 Å². The van der Waals surface area contributed by atoms with Crippen molar-refractivity contribution < 1.29 is 9.53 Å². The van der Waals surface area contributed by atoms with Crippen LogP contribution in [0.4, 0.5) is 0 Å². The Balaban J connectivity index is 1.59.